The summed E-state index contributed by atoms with van der Waals surface area (Å²) in [5.74, 6) is -1.35. The smallest absolute Gasteiger partial charge is 0.345 e. The minimum absolute atomic E-state index is 0.00418. The molecule has 2 aliphatic rings. The highest BCUT2D eigenvalue weighted by Crippen LogP contribution is 2.41. The molecule has 0 saturated carbocycles. The lowest BCUT2D eigenvalue weighted by atomic mass is 9.71. The highest BCUT2D eigenvalue weighted by Gasteiger charge is 2.41. The van der Waals surface area contributed by atoms with E-state index in [1.165, 1.54) is 24.3 Å². The fourth-order valence-corrected chi connectivity index (χ4v) is 8.18. The van der Waals surface area contributed by atoms with Gasteiger partial charge < -0.3 is 45.3 Å². The number of pyridine rings is 1. The number of hydrogen-bond donors (Lipinski definition) is 6. The van der Waals surface area contributed by atoms with Crippen molar-refractivity contribution in [3.8, 4) is 11.5 Å². The molecule has 1 aromatic heterocycles. The maximum atomic E-state index is 13.4. The molecule has 58 heavy (non-hydrogen) atoms. The van der Waals surface area contributed by atoms with Gasteiger partial charge in [0.05, 0.1) is 11.6 Å². The minimum atomic E-state index is -2.27. The fraction of sp³-hybridized carbons (Fsp3) is 0.333. The zero-order chi connectivity index (χ0) is 40.9. The lowest BCUT2D eigenvalue weighted by Crippen LogP contribution is -2.50. The number of carbonyl (C=O) groups excluding carboxylic acids is 2. The summed E-state index contributed by atoms with van der Waals surface area (Å²) in [6.07, 6.45) is 3.26. The first-order chi connectivity index (χ1) is 28.0. The molecule has 4 aromatic carbocycles. The van der Waals surface area contributed by atoms with Crippen molar-refractivity contribution >= 4 is 28.7 Å². The van der Waals surface area contributed by atoms with Gasteiger partial charge in [0.2, 0.25) is 11.2 Å². The topological polar surface area (TPSA) is 193 Å². The number of aromatic amines is 1. The summed E-state index contributed by atoms with van der Waals surface area (Å²) in [6.45, 7) is 3.16. The number of carbonyl (C=O) groups is 3. The third-order valence-electron chi connectivity index (χ3n) is 11.8. The average molecular weight is 789 g/mol. The van der Waals surface area contributed by atoms with Gasteiger partial charge in [-0.3, -0.25) is 14.4 Å². The van der Waals surface area contributed by atoms with E-state index in [1.54, 1.807) is 59.5 Å². The first kappa shape index (κ1) is 40.2. The maximum Gasteiger partial charge on any atom is 0.345 e. The molecular weight excluding hydrogens is 741 g/mol. The molecule has 0 aliphatic carbocycles. The molecular formula is C45H48N4O9. The van der Waals surface area contributed by atoms with Gasteiger partial charge in [-0.15, -0.1) is 0 Å². The highest BCUT2D eigenvalue weighted by molar-refractivity contribution is 5.94. The summed E-state index contributed by atoms with van der Waals surface area (Å²) in [4.78, 5) is 56.8. The van der Waals surface area contributed by atoms with Gasteiger partial charge in [0.15, 0.2) is 6.61 Å². The molecule has 0 radical (unpaired) electrons. The number of aliphatic hydroxyl groups is 2. The molecule has 2 atom stereocenters. The number of phenolic OH excluding ortho intramolecular Hbond substituents is 1. The summed E-state index contributed by atoms with van der Waals surface area (Å²) in [6, 6.07) is 28.0. The number of aliphatic carboxylic acids is 1. The molecule has 3 heterocycles. The average Bonchev–Trinajstić information content (AvgIpc) is 3.25. The molecule has 2 unspecified atom stereocenters. The number of phenols is 1. The van der Waals surface area contributed by atoms with E-state index in [9.17, 15) is 39.6 Å². The number of aromatic nitrogens is 1. The van der Waals surface area contributed by atoms with E-state index in [1.807, 2.05) is 29.2 Å². The maximum absolute atomic E-state index is 13.4. The van der Waals surface area contributed by atoms with Gasteiger partial charge in [0.25, 0.3) is 11.8 Å². The molecule has 5 aromatic rings. The van der Waals surface area contributed by atoms with Crippen LogP contribution in [0.15, 0.2) is 108 Å². The molecule has 6 N–H and O–H groups in total. The Morgan fingerprint density at radius 2 is 1.50 bits per heavy atom. The number of hydrogen-bond acceptors (Lipinski definition) is 9. The molecule has 13 heteroatoms. The van der Waals surface area contributed by atoms with E-state index in [0.717, 1.165) is 31.2 Å². The Labute approximate surface area is 335 Å². The molecule has 2 fully saturated rings. The second-order valence-electron chi connectivity index (χ2n) is 15.3. The van der Waals surface area contributed by atoms with Crippen molar-refractivity contribution < 1.29 is 39.5 Å². The van der Waals surface area contributed by atoms with Crippen LogP contribution in [0.2, 0.25) is 0 Å². The number of ether oxygens (including phenoxy) is 1. The number of aliphatic hydroxyl groups excluding tert-OH is 1. The van der Waals surface area contributed by atoms with Crippen LogP contribution < -0.4 is 15.6 Å². The van der Waals surface area contributed by atoms with Crippen LogP contribution in [0.1, 0.15) is 64.4 Å². The number of piperidine rings is 2. The SMILES string of the molecule is O=C(COc1cccc(C(O)(C(=O)O)c2ccccc2)c1)N1CCC2(CC1)CCN(C(=O)c1ccc(CCNCC(O)c3ccc(O)c4[nH]c(=O)ccc34)cc1)CC2. The number of amides is 2. The molecule has 2 aliphatic heterocycles. The van der Waals surface area contributed by atoms with Gasteiger partial charge in [-0.1, -0.05) is 60.7 Å². The summed E-state index contributed by atoms with van der Waals surface area (Å²) < 4.78 is 5.80. The van der Waals surface area contributed by atoms with Crippen LogP contribution in [-0.4, -0.2) is 98.9 Å². The van der Waals surface area contributed by atoms with Crippen molar-refractivity contribution in [2.24, 2.45) is 5.41 Å². The number of H-pyrrole nitrogens is 1. The Morgan fingerprint density at radius 1 is 0.828 bits per heavy atom. The molecule has 2 saturated heterocycles. The van der Waals surface area contributed by atoms with Crippen molar-refractivity contribution in [1.29, 1.82) is 0 Å². The number of likely N-dealkylation sites (tertiary alicyclic amines) is 2. The number of benzene rings is 4. The molecule has 0 bridgehead atoms. The van der Waals surface area contributed by atoms with E-state index in [4.69, 9.17) is 4.74 Å². The molecule has 1 spiro atoms. The quantitative estimate of drug-likeness (QED) is 0.0936. The van der Waals surface area contributed by atoms with E-state index in [-0.39, 0.29) is 58.6 Å². The van der Waals surface area contributed by atoms with E-state index >= 15 is 0 Å². The van der Waals surface area contributed by atoms with Crippen LogP contribution in [0.25, 0.3) is 10.9 Å². The van der Waals surface area contributed by atoms with Crippen molar-refractivity contribution in [3.63, 3.8) is 0 Å². The summed E-state index contributed by atoms with van der Waals surface area (Å²) in [5, 5.41) is 45.9. The third-order valence-corrected chi connectivity index (χ3v) is 11.8. The normalized spacial score (nSPS) is 16.8. The lowest BCUT2D eigenvalue weighted by Gasteiger charge is -2.46. The van der Waals surface area contributed by atoms with Crippen molar-refractivity contribution in [2.45, 2.75) is 43.8 Å². The van der Waals surface area contributed by atoms with E-state index in [2.05, 4.69) is 10.3 Å². The van der Waals surface area contributed by atoms with Crippen LogP contribution in [0, 0.1) is 5.41 Å². The monoisotopic (exact) mass is 788 g/mol. The first-order valence-electron chi connectivity index (χ1n) is 19.6. The highest BCUT2D eigenvalue weighted by atomic mass is 16.5. The van der Waals surface area contributed by atoms with Crippen molar-refractivity contribution in [3.05, 3.63) is 141 Å². The van der Waals surface area contributed by atoms with Gasteiger partial charge >= 0.3 is 5.97 Å². The van der Waals surface area contributed by atoms with Gasteiger partial charge in [0, 0.05) is 55.3 Å². The molecule has 302 valence electrons. The Morgan fingerprint density at radius 3 is 2.19 bits per heavy atom. The standard InChI is InChI=1S/C45H48N4O9/c50-37-15-13-35(36-14-16-39(52)47-41(36)37)38(51)28-46-22-17-30-9-11-31(12-10-30)42(54)49-25-20-44(21-26-49)18-23-48(24-19-44)40(53)29-58-34-8-4-7-33(27-34)45(57,43(55)56)32-5-2-1-3-6-32/h1-16,27,38,46,50-51,57H,17-26,28-29H2,(H,47,52)(H,55,56). The second kappa shape index (κ2) is 17.2. The fourth-order valence-electron chi connectivity index (χ4n) is 8.18. The first-order valence-corrected chi connectivity index (χ1v) is 19.6. The van der Waals surface area contributed by atoms with Crippen LogP contribution in [0.4, 0.5) is 0 Å². The van der Waals surface area contributed by atoms with Crippen LogP contribution in [-0.2, 0) is 21.6 Å². The molecule has 7 rings (SSSR count). The second-order valence-corrected chi connectivity index (χ2v) is 15.3. The van der Waals surface area contributed by atoms with Crippen LogP contribution in [0.3, 0.4) is 0 Å². The van der Waals surface area contributed by atoms with E-state index < -0.39 is 17.7 Å². The Bertz CT molecular complexity index is 2310. The van der Waals surface area contributed by atoms with Crippen molar-refractivity contribution in [2.75, 3.05) is 45.9 Å². The molecule has 2 amide bonds. The molecule has 13 nitrogen and oxygen atoms in total. The predicted octanol–water partition coefficient (Wildman–Crippen LogP) is 4.34. The number of nitrogens with one attached hydrogen (secondary N) is 2. The predicted molar refractivity (Wildman–Crippen MR) is 217 cm³/mol. The number of fused-ring (bicyclic) bond motifs is 1. The zero-order valence-corrected chi connectivity index (χ0v) is 32.1. The number of aromatic hydroxyl groups is 1. The number of carboxylic acid groups (broad SMARTS) is 1. The Balaban J connectivity index is 0.836. The number of carboxylic acids is 1. The number of rotatable bonds is 13. The summed E-state index contributed by atoms with van der Waals surface area (Å²) >= 11 is 0. The lowest BCUT2D eigenvalue weighted by molar-refractivity contribution is -0.155. The van der Waals surface area contributed by atoms with Crippen LogP contribution >= 0.6 is 0 Å². The van der Waals surface area contributed by atoms with Gasteiger partial charge in [0.1, 0.15) is 11.5 Å². The third kappa shape index (κ3) is 8.61. The Kier molecular flexibility index (Phi) is 11.9. The van der Waals surface area contributed by atoms with Gasteiger partial charge in [-0.2, -0.15) is 0 Å². The van der Waals surface area contributed by atoms with Gasteiger partial charge in [-0.25, -0.2) is 4.79 Å². The minimum Gasteiger partial charge on any atom is -0.506 e. The van der Waals surface area contributed by atoms with Crippen LogP contribution in [0.5, 0.6) is 11.5 Å². The largest absolute Gasteiger partial charge is 0.506 e. The number of nitrogens with zero attached hydrogens (tertiary/aromatic N) is 2. The Hall–Kier alpha value is -6.02. The summed E-state index contributed by atoms with van der Waals surface area (Å²) in [5.41, 5.74) is 0.387. The van der Waals surface area contributed by atoms with Gasteiger partial charge in [-0.05, 0) is 97.2 Å². The van der Waals surface area contributed by atoms with E-state index in [0.29, 0.717) is 61.2 Å². The van der Waals surface area contributed by atoms with Crippen molar-refractivity contribution in [1.82, 2.24) is 20.1 Å². The zero-order valence-electron chi connectivity index (χ0n) is 32.1. The summed E-state index contributed by atoms with van der Waals surface area (Å²) in [7, 11) is 0.